The first kappa shape index (κ1) is 38.3. The lowest BCUT2D eigenvalue weighted by Crippen LogP contribution is -2.40. The molecule has 0 aliphatic carbocycles. The lowest BCUT2D eigenvalue weighted by molar-refractivity contribution is -0.320. The standard InChI is InChI=1S/C43H38N4O8/c1-7-29-17-19-35-33(23-29)37(31-15-11-9-13-27(31)3)44-39(41(48)46(35)5)43(50)53-26-52-25-51-21-22-54-55-40-42(49)47(6)36-20-18-30(8-2)24-34(36)38(45-40)32-16-12-10-14-28(32)4/h1-2,9-20,23-24,39-40H,21-22,25-26H2,3-6H3. The number of amides is 2. The summed E-state index contributed by atoms with van der Waals surface area (Å²) in [6.07, 6.45) is 10.0. The summed E-state index contributed by atoms with van der Waals surface area (Å²) in [5.41, 5.74) is 8.09. The largest absolute Gasteiger partial charge is 0.436 e. The lowest BCUT2D eigenvalue weighted by Gasteiger charge is -2.20. The van der Waals surface area contributed by atoms with Gasteiger partial charge in [-0.1, -0.05) is 60.4 Å². The van der Waals surface area contributed by atoms with Gasteiger partial charge in [-0.3, -0.25) is 14.6 Å². The molecule has 2 aliphatic rings. The Kier molecular flexibility index (Phi) is 12.0. The molecule has 12 heteroatoms. The molecular formula is C43H38N4O8. The summed E-state index contributed by atoms with van der Waals surface area (Å²) in [6.45, 7) is 3.00. The predicted octanol–water partition coefficient (Wildman–Crippen LogP) is 4.73. The highest BCUT2D eigenvalue weighted by Gasteiger charge is 2.36. The zero-order valence-corrected chi connectivity index (χ0v) is 30.8. The van der Waals surface area contributed by atoms with Crippen molar-refractivity contribution in [3.63, 3.8) is 0 Å². The number of ether oxygens (including phenoxy) is 3. The van der Waals surface area contributed by atoms with Gasteiger partial charge in [-0.25, -0.2) is 14.7 Å². The Balaban J connectivity index is 1.03. The van der Waals surface area contributed by atoms with Gasteiger partial charge in [-0.05, 0) is 61.4 Å². The number of carbonyl (C=O) groups is 3. The number of benzodiazepines with no additional fused rings is 2. The summed E-state index contributed by atoms with van der Waals surface area (Å²) in [7, 11) is 3.20. The molecule has 12 nitrogen and oxygen atoms in total. The van der Waals surface area contributed by atoms with Gasteiger partial charge in [0.1, 0.15) is 6.61 Å². The van der Waals surface area contributed by atoms with Crippen LogP contribution in [0, 0.1) is 38.5 Å². The molecule has 55 heavy (non-hydrogen) atoms. The van der Waals surface area contributed by atoms with E-state index in [1.165, 1.54) is 9.80 Å². The lowest BCUT2D eigenvalue weighted by atomic mass is 9.95. The topological polar surface area (TPSA) is 129 Å². The molecule has 0 spiro atoms. The van der Waals surface area contributed by atoms with Crippen LogP contribution < -0.4 is 9.80 Å². The summed E-state index contributed by atoms with van der Waals surface area (Å²) in [6, 6.07) is 24.3. The van der Waals surface area contributed by atoms with E-state index in [0.29, 0.717) is 45.1 Å². The summed E-state index contributed by atoms with van der Waals surface area (Å²) >= 11 is 0. The van der Waals surface area contributed by atoms with Crippen LogP contribution in [0.15, 0.2) is 94.9 Å². The van der Waals surface area contributed by atoms with Crippen molar-refractivity contribution in [3.8, 4) is 24.7 Å². The maximum atomic E-state index is 13.5. The molecule has 6 rings (SSSR count). The van der Waals surface area contributed by atoms with Gasteiger partial charge in [0.15, 0.2) is 13.6 Å². The SMILES string of the molecule is C#Cc1ccc2c(c1)C(c1ccccc1C)=NC(OOCCOCOCOC(=O)C1N=C(c3ccccc3C)c3cc(C#C)ccc3N(C)C1=O)C(=O)N2C. The van der Waals surface area contributed by atoms with Crippen LogP contribution in [0.3, 0.4) is 0 Å². The maximum Gasteiger partial charge on any atom is 0.342 e. The molecule has 0 bridgehead atoms. The summed E-state index contributed by atoms with van der Waals surface area (Å²) in [4.78, 5) is 63.2. The van der Waals surface area contributed by atoms with Crippen molar-refractivity contribution < 1.29 is 38.4 Å². The Morgan fingerprint density at radius 3 is 1.80 bits per heavy atom. The van der Waals surface area contributed by atoms with Crippen molar-refractivity contribution in [2.45, 2.75) is 26.1 Å². The highest BCUT2D eigenvalue weighted by atomic mass is 17.2. The van der Waals surface area contributed by atoms with Crippen molar-refractivity contribution in [1.82, 2.24) is 0 Å². The van der Waals surface area contributed by atoms with Crippen LogP contribution >= 0.6 is 0 Å². The number of fused-ring (bicyclic) bond motifs is 2. The van der Waals surface area contributed by atoms with E-state index in [0.717, 1.165) is 22.3 Å². The molecule has 2 heterocycles. The number of hydrogen-bond acceptors (Lipinski definition) is 10. The highest BCUT2D eigenvalue weighted by Crippen LogP contribution is 2.31. The molecule has 0 radical (unpaired) electrons. The van der Waals surface area contributed by atoms with Crippen LogP contribution in [0.1, 0.15) is 44.5 Å². The molecule has 0 N–H and O–H groups in total. The average Bonchev–Trinajstić information content (AvgIpc) is 3.37. The number of rotatable bonds is 12. The Morgan fingerprint density at radius 1 is 0.691 bits per heavy atom. The third-order valence-electron chi connectivity index (χ3n) is 9.12. The quantitative estimate of drug-likeness (QED) is 0.0389. The molecule has 2 unspecified atom stereocenters. The minimum atomic E-state index is -1.50. The zero-order valence-electron chi connectivity index (χ0n) is 30.8. The van der Waals surface area contributed by atoms with Crippen LogP contribution in [0.5, 0.6) is 0 Å². The first-order valence-electron chi connectivity index (χ1n) is 17.3. The molecule has 0 saturated carbocycles. The number of benzene rings is 4. The number of terminal acetylenes is 2. The number of anilines is 2. The van der Waals surface area contributed by atoms with Gasteiger partial charge in [0.25, 0.3) is 18.0 Å². The summed E-state index contributed by atoms with van der Waals surface area (Å²) < 4.78 is 16.1. The number of aliphatic imine (C=N–C) groups is 2. The molecular weight excluding hydrogens is 700 g/mol. The molecule has 2 aliphatic heterocycles. The Morgan fingerprint density at radius 2 is 1.24 bits per heavy atom. The molecule has 2 atom stereocenters. The fourth-order valence-corrected chi connectivity index (χ4v) is 6.16. The van der Waals surface area contributed by atoms with Gasteiger partial charge in [0, 0.05) is 47.5 Å². The van der Waals surface area contributed by atoms with Crippen molar-refractivity contribution >= 4 is 40.6 Å². The maximum absolute atomic E-state index is 13.5. The third-order valence-corrected chi connectivity index (χ3v) is 9.12. The van der Waals surface area contributed by atoms with Gasteiger partial charge in [0.2, 0.25) is 6.04 Å². The van der Waals surface area contributed by atoms with Gasteiger partial charge < -0.3 is 24.0 Å². The van der Waals surface area contributed by atoms with E-state index in [-0.39, 0.29) is 20.0 Å². The molecule has 0 saturated heterocycles. The predicted molar refractivity (Wildman–Crippen MR) is 207 cm³/mol. The van der Waals surface area contributed by atoms with E-state index in [1.807, 2.05) is 68.4 Å². The molecule has 4 aromatic rings. The number of nitrogens with zero attached hydrogens (tertiary/aromatic N) is 4. The van der Waals surface area contributed by atoms with Crippen LogP contribution in [0.2, 0.25) is 0 Å². The van der Waals surface area contributed by atoms with Crippen LogP contribution in [-0.4, -0.2) is 82.4 Å². The Bertz CT molecular complexity index is 2280. The molecule has 4 aromatic carbocycles. The normalized spacial score (nSPS) is 16.5. The molecule has 0 aromatic heterocycles. The first-order chi connectivity index (χ1) is 26.6. The monoisotopic (exact) mass is 738 g/mol. The second-order valence-electron chi connectivity index (χ2n) is 12.6. The van der Waals surface area contributed by atoms with Gasteiger partial charge >= 0.3 is 5.97 Å². The Labute approximate surface area is 319 Å². The second-order valence-corrected chi connectivity index (χ2v) is 12.6. The van der Waals surface area contributed by atoms with Crippen molar-refractivity contribution in [1.29, 1.82) is 0 Å². The van der Waals surface area contributed by atoms with Crippen LogP contribution in [0.4, 0.5) is 11.4 Å². The van der Waals surface area contributed by atoms with Crippen molar-refractivity contribution in [3.05, 3.63) is 129 Å². The van der Waals surface area contributed by atoms with E-state index in [9.17, 15) is 14.4 Å². The molecule has 2 amide bonds. The van der Waals surface area contributed by atoms with Crippen LogP contribution in [0.25, 0.3) is 0 Å². The smallest absolute Gasteiger partial charge is 0.342 e. The van der Waals surface area contributed by atoms with Crippen molar-refractivity contribution in [2.75, 3.05) is 50.7 Å². The van der Waals surface area contributed by atoms with E-state index in [1.54, 1.807) is 44.4 Å². The van der Waals surface area contributed by atoms with Gasteiger partial charge in [-0.15, -0.1) is 12.8 Å². The van der Waals surface area contributed by atoms with Gasteiger partial charge in [0.05, 0.1) is 29.4 Å². The summed E-state index contributed by atoms with van der Waals surface area (Å²) in [5.74, 6) is 3.34. The minimum Gasteiger partial charge on any atom is -0.436 e. The number of aryl methyl sites for hydroxylation is 2. The average molecular weight is 739 g/mol. The number of carbonyl (C=O) groups excluding carboxylic acids is 3. The second kappa shape index (κ2) is 17.2. The fraction of sp³-hybridized carbons (Fsp3) is 0.233. The highest BCUT2D eigenvalue weighted by molar-refractivity contribution is 6.24. The Hall–Kier alpha value is -6.41. The van der Waals surface area contributed by atoms with Crippen LogP contribution in [-0.2, 0) is 38.4 Å². The van der Waals surface area contributed by atoms with E-state index < -0.39 is 36.8 Å². The third kappa shape index (κ3) is 8.24. The fourth-order valence-electron chi connectivity index (χ4n) is 6.16. The number of likely N-dealkylation sites (N-methyl/N-ethyl adjacent to an activating group) is 2. The van der Waals surface area contributed by atoms with Gasteiger partial charge in [-0.2, -0.15) is 4.89 Å². The van der Waals surface area contributed by atoms with E-state index in [2.05, 4.69) is 21.8 Å². The first-order valence-corrected chi connectivity index (χ1v) is 17.3. The van der Waals surface area contributed by atoms with E-state index in [4.69, 9.17) is 36.8 Å². The summed E-state index contributed by atoms with van der Waals surface area (Å²) in [5, 5.41) is 0. The van der Waals surface area contributed by atoms with Crippen molar-refractivity contribution in [2.24, 2.45) is 9.98 Å². The molecule has 278 valence electrons. The molecule has 0 fully saturated rings. The minimum absolute atomic E-state index is 0.00128. The number of esters is 1. The number of hydrogen-bond donors (Lipinski definition) is 0. The van der Waals surface area contributed by atoms with E-state index >= 15 is 0 Å². The zero-order chi connectivity index (χ0) is 39.1.